The van der Waals surface area contributed by atoms with Gasteiger partial charge in [0.25, 0.3) is 0 Å². The lowest BCUT2D eigenvalue weighted by atomic mass is 9.91. The molecule has 2 unspecified atom stereocenters. The average Bonchev–Trinajstić information content (AvgIpc) is 2.84. The molecule has 0 radical (unpaired) electrons. The lowest BCUT2D eigenvalue weighted by Crippen LogP contribution is -2.46. The van der Waals surface area contributed by atoms with E-state index in [2.05, 4.69) is 36.1 Å². The molecule has 4 heteroatoms. The Bertz CT molecular complexity index is 221. The number of likely N-dealkylation sites (tertiary alicyclic amines) is 1. The van der Waals surface area contributed by atoms with E-state index in [0.29, 0.717) is 0 Å². The van der Waals surface area contributed by atoms with Crippen LogP contribution in [0.25, 0.3) is 0 Å². The molecule has 18 heavy (non-hydrogen) atoms. The Labute approximate surface area is 112 Å². The molecule has 2 N–H and O–H groups in total. The highest BCUT2D eigenvalue weighted by Gasteiger charge is 2.27. The average molecular weight is 257 g/mol. The molecule has 0 spiro atoms. The van der Waals surface area contributed by atoms with Gasteiger partial charge < -0.3 is 20.2 Å². The summed E-state index contributed by atoms with van der Waals surface area (Å²) in [5, 5.41) is 12.8. The number of aliphatic hydroxyl groups is 1. The number of nitrogens with zero attached hydrogens (tertiary/aromatic N) is 2. The third-order valence-corrected chi connectivity index (χ3v) is 4.62. The lowest BCUT2D eigenvalue weighted by Gasteiger charge is -2.31. The van der Waals surface area contributed by atoms with E-state index >= 15 is 0 Å². The second-order valence-electron chi connectivity index (χ2n) is 5.85. The third-order valence-electron chi connectivity index (χ3n) is 4.62. The second kappa shape index (κ2) is 7.43. The fraction of sp³-hybridized carbons (Fsp3) is 1.00. The van der Waals surface area contributed by atoms with E-state index < -0.39 is 0 Å². The topological polar surface area (TPSA) is 38.7 Å². The minimum absolute atomic E-state index is 0.0688. The smallest absolute Gasteiger partial charge is 0.0613 e. The van der Waals surface area contributed by atoms with Crippen molar-refractivity contribution >= 4 is 0 Å². The van der Waals surface area contributed by atoms with Crippen LogP contribution in [0.15, 0.2) is 0 Å². The van der Waals surface area contributed by atoms with Gasteiger partial charge in [-0.05, 0) is 59.9 Å². The van der Waals surface area contributed by atoms with Crippen molar-refractivity contribution < 1.29 is 5.11 Å². The van der Waals surface area contributed by atoms with E-state index in [-0.39, 0.29) is 12.1 Å². The molecule has 0 amide bonds. The summed E-state index contributed by atoms with van der Waals surface area (Å²) in [7, 11) is 6.30. The summed E-state index contributed by atoms with van der Waals surface area (Å²) in [5.41, 5.74) is -0.0688. The third kappa shape index (κ3) is 4.19. The van der Waals surface area contributed by atoms with Gasteiger partial charge in [-0.25, -0.2) is 0 Å². The van der Waals surface area contributed by atoms with Crippen LogP contribution in [0.1, 0.15) is 32.6 Å². The number of hydrogen-bond donors (Lipinski definition) is 2. The standard InChI is InChI=1S/C14H31N3O/c1-5-14(12-18,15-2)8-6-9-17-10-7-13(11-17)16(3)4/h13,15,18H,5-12H2,1-4H3. The van der Waals surface area contributed by atoms with E-state index in [1.807, 2.05) is 7.05 Å². The van der Waals surface area contributed by atoms with Crippen molar-refractivity contribution in [2.45, 2.75) is 44.2 Å². The van der Waals surface area contributed by atoms with E-state index in [9.17, 15) is 5.11 Å². The highest BCUT2D eigenvalue weighted by atomic mass is 16.3. The number of nitrogens with one attached hydrogen (secondary N) is 1. The molecule has 1 saturated heterocycles. The Balaban J connectivity index is 2.26. The molecule has 0 aromatic heterocycles. The molecule has 1 heterocycles. The van der Waals surface area contributed by atoms with E-state index in [1.54, 1.807) is 0 Å². The minimum Gasteiger partial charge on any atom is -0.394 e. The first-order valence-electron chi connectivity index (χ1n) is 7.25. The Hall–Kier alpha value is -0.160. The van der Waals surface area contributed by atoms with Gasteiger partial charge in [-0.1, -0.05) is 6.92 Å². The van der Waals surface area contributed by atoms with Gasteiger partial charge in [0, 0.05) is 18.1 Å². The summed E-state index contributed by atoms with van der Waals surface area (Å²) in [6, 6.07) is 0.725. The molecule has 0 bridgehead atoms. The van der Waals surface area contributed by atoms with Crippen LogP contribution in [0, 0.1) is 0 Å². The molecule has 108 valence electrons. The van der Waals surface area contributed by atoms with Crippen LogP contribution in [0.3, 0.4) is 0 Å². The first-order chi connectivity index (χ1) is 8.56. The van der Waals surface area contributed by atoms with Gasteiger partial charge in [0.15, 0.2) is 0 Å². The molecule has 1 aliphatic rings. The summed E-state index contributed by atoms with van der Waals surface area (Å²) in [6.45, 7) is 5.96. The summed E-state index contributed by atoms with van der Waals surface area (Å²) >= 11 is 0. The van der Waals surface area contributed by atoms with Crippen LogP contribution >= 0.6 is 0 Å². The molecular formula is C14H31N3O. The SMILES string of the molecule is CCC(CO)(CCCN1CCC(N(C)C)C1)NC. The Kier molecular flexibility index (Phi) is 6.57. The largest absolute Gasteiger partial charge is 0.394 e. The quantitative estimate of drug-likeness (QED) is 0.673. The zero-order chi connectivity index (χ0) is 13.6. The van der Waals surface area contributed by atoms with Gasteiger partial charge in [-0.3, -0.25) is 0 Å². The maximum atomic E-state index is 9.50. The van der Waals surface area contributed by atoms with Crippen LogP contribution < -0.4 is 5.32 Å². The van der Waals surface area contributed by atoms with Crippen LogP contribution in [-0.2, 0) is 0 Å². The lowest BCUT2D eigenvalue weighted by molar-refractivity contribution is 0.147. The molecule has 2 atom stereocenters. The Morgan fingerprint density at radius 3 is 2.61 bits per heavy atom. The predicted molar refractivity (Wildman–Crippen MR) is 76.9 cm³/mol. The van der Waals surface area contributed by atoms with Gasteiger partial charge in [-0.15, -0.1) is 0 Å². The van der Waals surface area contributed by atoms with Crippen LogP contribution in [0.4, 0.5) is 0 Å². The maximum Gasteiger partial charge on any atom is 0.0613 e. The van der Waals surface area contributed by atoms with E-state index in [4.69, 9.17) is 0 Å². The van der Waals surface area contributed by atoms with Crippen molar-refractivity contribution in [2.24, 2.45) is 0 Å². The molecule has 0 aromatic carbocycles. The number of likely N-dealkylation sites (N-methyl/N-ethyl adjacent to an activating group) is 2. The fourth-order valence-corrected chi connectivity index (χ4v) is 2.83. The van der Waals surface area contributed by atoms with E-state index in [1.165, 1.54) is 19.5 Å². The Morgan fingerprint density at radius 2 is 2.17 bits per heavy atom. The van der Waals surface area contributed by atoms with Crippen LogP contribution in [0.2, 0.25) is 0 Å². The zero-order valence-corrected chi connectivity index (χ0v) is 12.6. The minimum atomic E-state index is -0.0688. The van der Waals surface area contributed by atoms with Gasteiger partial charge >= 0.3 is 0 Å². The summed E-state index contributed by atoms with van der Waals surface area (Å²) < 4.78 is 0. The number of rotatable bonds is 8. The summed E-state index contributed by atoms with van der Waals surface area (Å²) in [6.07, 6.45) is 4.49. The van der Waals surface area contributed by atoms with Crippen LogP contribution in [0.5, 0.6) is 0 Å². The molecule has 1 aliphatic heterocycles. The van der Waals surface area contributed by atoms with Gasteiger partial charge in [-0.2, -0.15) is 0 Å². The highest BCUT2D eigenvalue weighted by Crippen LogP contribution is 2.19. The van der Waals surface area contributed by atoms with Crippen molar-refractivity contribution in [1.29, 1.82) is 0 Å². The summed E-state index contributed by atoms with van der Waals surface area (Å²) in [4.78, 5) is 4.88. The van der Waals surface area contributed by atoms with Crippen molar-refractivity contribution in [1.82, 2.24) is 15.1 Å². The van der Waals surface area contributed by atoms with Crippen molar-refractivity contribution in [3.05, 3.63) is 0 Å². The monoisotopic (exact) mass is 257 g/mol. The fourth-order valence-electron chi connectivity index (χ4n) is 2.83. The second-order valence-corrected chi connectivity index (χ2v) is 5.85. The normalized spacial score (nSPS) is 24.7. The molecule has 0 saturated carbocycles. The first kappa shape index (κ1) is 15.9. The highest BCUT2D eigenvalue weighted by molar-refractivity contribution is 4.86. The molecule has 1 fully saturated rings. The molecule has 0 aromatic rings. The van der Waals surface area contributed by atoms with Crippen molar-refractivity contribution in [3.63, 3.8) is 0 Å². The predicted octanol–water partition coefficient (Wildman–Crippen LogP) is 0.763. The van der Waals surface area contributed by atoms with Crippen molar-refractivity contribution in [3.8, 4) is 0 Å². The summed E-state index contributed by atoms with van der Waals surface area (Å²) in [5.74, 6) is 0. The molecule has 4 nitrogen and oxygen atoms in total. The van der Waals surface area contributed by atoms with Crippen molar-refractivity contribution in [2.75, 3.05) is 47.4 Å². The first-order valence-corrected chi connectivity index (χ1v) is 7.25. The molecule has 1 rings (SSSR count). The Morgan fingerprint density at radius 1 is 1.44 bits per heavy atom. The van der Waals surface area contributed by atoms with E-state index in [0.717, 1.165) is 31.8 Å². The molecular weight excluding hydrogens is 226 g/mol. The van der Waals surface area contributed by atoms with Crippen LogP contribution in [-0.4, -0.2) is 73.9 Å². The number of hydrogen-bond acceptors (Lipinski definition) is 4. The zero-order valence-electron chi connectivity index (χ0n) is 12.6. The molecule has 0 aliphatic carbocycles. The van der Waals surface area contributed by atoms with Gasteiger partial charge in [0.2, 0.25) is 0 Å². The van der Waals surface area contributed by atoms with Gasteiger partial charge in [0.05, 0.1) is 6.61 Å². The maximum absolute atomic E-state index is 9.50. The number of aliphatic hydroxyl groups excluding tert-OH is 1. The van der Waals surface area contributed by atoms with Gasteiger partial charge in [0.1, 0.15) is 0 Å².